The molecule has 1 aliphatic heterocycles. The van der Waals surface area contributed by atoms with Gasteiger partial charge in [-0.15, -0.1) is 0 Å². The molecule has 3 heterocycles. The minimum Gasteiger partial charge on any atom is -0.328 e. The number of hydrogen-bond acceptors (Lipinski definition) is 4. The lowest BCUT2D eigenvalue weighted by molar-refractivity contribution is 0.288. The quantitative estimate of drug-likeness (QED) is 0.808. The van der Waals surface area contributed by atoms with Gasteiger partial charge in [0.1, 0.15) is 0 Å². The first-order chi connectivity index (χ1) is 8.65. The Morgan fingerprint density at radius 3 is 2.78 bits per heavy atom. The number of hydrogen-bond donors (Lipinski definition) is 1. The van der Waals surface area contributed by atoms with E-state index in [1.165, 1.54) is 0 Å². The largest absolute Gasteiger partial charge is 0.328 e. The molecule has 0 atom stereocenters. The zero-order chi connectivity index (χ0) is 12.7. The molecule has 0 aromatic carbocycles. The predicted octanol–water partition coefficient (Wildman–Crippen LogP) is 1.63. The molecule has 1 saturated heterocycles. The number of nitrogens with one attached hydrogen (secondary N) is 1. The number of nitrogens with zero attached hydrogens (tertiary/aromatic N) is 4. The van der Waals surface area contributed by atoms with Crippen molar-refractivity contribution >= 4 is 35.0 Å². The minimum atomic E-state index is 0.615. The number of pyridine rings is 1. The zero-order valence-electron chi connectivity index (χ0n) is 10.1. The van der Waals surface area contributed by atoms with Crippen molar-refractivity contribution in [2.45, 2.75) is 0 Å². The molecule has 0 radical (unpaired) electrons. The van der Waals surface area contributed by atoms with Crippen LogP contribution < -0.4 is 5.01 Å². The number of halogens is 1. The van der Waals surface area contributed by atoms with Gasteiger partial charge in [0.25, 0.3) is 0 Å². The number of imidazole rings is 1. The van der Waals surface area contributed by atoms with Gasteiger partial charge in [-0.05, 0) is 25.3 Å². The van der Waals surface area contributed by atoms with Gasteiger partial charge in [-0.25, -0.2) is 9.66 Å². The molecule has 0 bridgehead atoms. The molecule has 0 spiro atoms. The molecule has 2 aromatic heterocycles. The van der Waals surface area contributed by atoms with Crippen LogP contribution in [0.1, 0.15) is 0 Å². The number of likely N-dealkylation sites (N-methyl/N-ethyl adjacent to an activating group) is 1. The highest BCUT2D eigenvalue weighted by atomic mass is 35.5. The van der Waals surface area contributed by atoms with Gasteiger partial charge < -0.3 is 14.9 Å². The van der Waals surface area contributed by atoms with E-state index in [1.807, 2.05) is 10.7 Å². The van der Waals surface area contributed by atoms with E-state index in [1.54, 1.807) is 6.20 Å². The van der Waals surface area contributed by atoms with Crippen LogP contribution in [-0.2, 0) is 0 Å². The van der Waals surface area contributed by atoms with Crippen LogP contribution in [0.4, 0.5) is 0 Å². The summed E-state index contributed by atoms with van der Waals surface area (Å²) in [5.41, 5.74) is 1.72. The van der Waals surface area contributed by atoms with E-state index in [-0.39, 0.29) is 0 Å². The van der Waals surface area contributed by atoms with Crippen molar-refractivity contribution in [1.82, 2.24) is 19.5 Å². The number of piperazine rings is 1. The van der Waals surface area contributed by atoms with E-state index in [0.717, 1.165) is 37.3 Å². The maximum atomic E-state index is 5.94. The Hall–Kier alpha value is -1.11. The summed E-state index contributed by atoms with van der Waals surface area (Å²) >= 11 is 11.3. The normalized spacial score (nSPS) is 17.6. The van der Waals surface area contributed by atoms with Crippen LogP contribution >= 0.6 is 23.8 Å². The summed E-state index contributed by atoms with van der Waals surface area (Å²) in [7, 11) is 2.13. The molecular weight excluding hydrogens is 270 g/mol. The van der Waals surface area contributed by atoms with E-state index in [4.69, 9.17) is 23.8 Å². The second-order valence-corrected chi connectivity index (χ2v) is 5.35. The molecule has 0 aliphatic carbocycles. The Labute approximate surface area is 115 Å². The van der Waals surface area contributed by atoms with Crippen molar-refractivity contribution in [2.75, 3.05) is 38.2 Å². The highest BCUT2D eigenvalue weighted by molar-refractivity contribution is 7.71. The number of fused-ring (bicyclic) bond motifs is 1. The summed E-state index contributed by atoms with van der Waals surface area (Å²) in [4.78, 5) is 9.83. The van der Waals surface area contributed by atoms with Gasteiger partial charge in [-0.2, -0.15) is 0 Å². The molecule has 1 aliphatic rings. The summed E-state index contributed by atoms with van der Waals surface area (Å²) in [6.07, 6.45) is 1.65. The molecule has 96 valence electrons. The number of aromatic amines is 1. The topological polar surface area (TPSA) is 40.1 Å². The lowest BCUT2D eigenvalue weighted by Gasteiger charge is -2.34. The third kappa shape index (κ3) is 2.00. The monoisotopic (exact) mass is 283 g/mol. The Morgan fingerprint density at radius 1 is 1.33 bits per heavy atom. The fourth-order valence-corrected chi connectivity index (χ4v) is 2.69. The Kier molecular flexibility index (Phi) is 3.01. The molecule has 0 saturated carbocycles. The van der Waals surface area contributed by atoms with Crippen LogP contribution in [0.15, 0.2) is 12.3 Å². The van der Waals surface area contributed by atoms with Crippen molar-refractivity contribution in [2.24, 2.45) is 0 Å². The predicted molar refractivity (Wildman–Crippen MR) is 75.4 cm³/mol. The second kappa shape index (κ2) is 4.53. The first-order valence-corrected chi connectivity index (χ1v) is 6.64. The van der Waals surface area contributed by atoms with E-state index in [9.17, 15) is 0 Å². The van der Waals surface area contributed by atoms with Gasteiger partial charge >= 0.3 is 0 Å². The lowest BCUT2D eigenvalue weighted by Crippen LogP contribution is -2.49. The summed E-state index contributed by atoms with van der Waals surface area (Å²) in [5.74, 6) is 0. The van der Waals surface area contributed by atoms with Crippen molar-refractivity contribution in [1.29, 1.82) is 0 Å². The number of H-pyrrole nitrogens is 1. The van der Waals surface area contributed by atoms with E-state index >= 15 is 0 Å². The summed E-state index contributed by atoms with van der Waals surface area (Å²) < 4.78 is 2.65. The summed E-state index contributed by atoms with van der Waals surface area (Å²) in [6, 6.07) is 1.85. The molecule has 0 amide bonds. The Bertz CT molecular complexity index is 626. The molecule has 7 heteroatoms. The summed E-state index contributed by atoms with van der Waals surface area (Å²) in [5, 5.41) is 2.84. The fraction of sp³-hybridized carbons (Fsp3) is 0.455. The van der Waals surface area contributed by atoms with Gasteiger partial charge in [0.15, 0.2) is 10.4 Å². The SMILES string of the molecule is CN1CCN(n2c(=S)[nH]c3cc(Cl)cnc32)CC1. The summed E-state index contributed by atoms with van der Waals surface area (Å²) in [6.45, 7) is 3.95. The third-order valence-electron chi connectivity index (χ3n) is 3.23. The maximum Gasteiger partial charge on any atom is 0.198 e. The van der Waals surface area contributed by atoms with E-state index < -0.39 is 0 Å². The average molecular weight is 284 g/mol. The first-order valence-electron chi connectivity index (χ1n) is 5.85. The Morgan fingerprint density at radius 2 is 2.06 bits per heavy atom. The van der Waals surface area contributed by atoms with Gasteiger partial charge in [0, 0.05) is 32.4 Å². The van der Waals surface area contributed by atoms with Crippen LogP contribution in [0.3, 0.4) is 0 Å². The van der Waals surface area contributed by atoms with Gasteiger partial charge in [0.05, 0.1) is 10.5 Å². The van der Waals surface area contributed by atoms with Crippen LogP contribution in [0.25, 0.3) is 11.2 Å². The van der Waals surface area contributed by atoms with Crippen molar-refractivity contribution in [3.8, 4) is 0 Å². The highest BCUT2D eigenvalue weighted by Crippen LogP contribution is 2.17. The lowest BCUT2D eigenvalue weighted by atomic mass is 10.4. The molecule has 3 rings (SSSR count). The first kappa shape index (κ1) is 12.0. The van der Waals surface area contributed by atoms with E-state index in [0.29, 0.717) is 9.79 Å². The molecule has 1 N–H and O–H groups in total. The van der Waals surface area contributed by atoms with Crippen molar-refractivity contribution < 1.29 is 0 Å². The highest BCUT2D eigenvalue weighted by Gasteiger charge is 2.17. The van der Waals surface area contributed by atoms with Gasteiger partial charge in [0.2, 0.25) is 0 Å². The molecule has 5 nitrogen and oxygen atoms in total. The molecule has 18 heavy (non-hydrogen) atoms. The molecule has 1 fully saturated rings. The average Bonchev–Trinajstić information content (AvgIpc) is 2.65. The zero-order valence-corrected chi connectivity index (χ0v) is 11.6. The second-order valence-electron chi connectivity index (χ2n) is 4.52. The van der Waals surface area contributed by atoms with Crippen LogP contribution in [-0.4, -0.2) is 52.8 Å². The van der Waals surface area contributed by atoms with E-state index in [2.05, 4.69) is 26.9 Å². The fourth-order valence-electron chi connectivity index (χ4n) is 2.22. The molecule has 0 unspecified atom stereocenters. The van der Waals surface area contributed by atoms with Crippen molar-refractivity contribution in [3.05, 3.63) is 22.1 Å². The van der Waals surface area contributed by atoms with Gasteiger partial charge in [-0.3, -0.25) is 0 Å². The van der Waals surface area contributed by atoms with Crippen LogP contribution in [0.2, 0.25) is 5.02 Å². The smallest absolute Gasteiger partial charge is 0.198 e. The molecule has 2 aromatic rings. The molecular formula is C11H14ClN5S. The third-order valence-corrected chi connectivity index (χ3v) is 3.71. The standard InChI is InChI=1S/C11H14ClN5S/c1-15-2-4-16(5-3-15)17-10-9(14-11(17)18)6-8(12)7-13-10/h6-7H,2-5H2,1H3,(H,14,18). The number of rotatable bonds is 1. The minimum absolute atomic E-state index is 0.615. The van der Waals surface area contributed by atoms with Gasteiger partial charge in [-0.1, -0.05) is 11.6 Å². The number of aromatic nitrogens is 3. The Balaban J connectivity index is 2.06. The van der Waals surface area contributed by atoms with Crippen molar-refractivity contribution in [3.63, 3.8) is 0 Å². The maximum absolute atomic E-state index is 5.94. The van der Waals surface area contributed by atoms with Crippen LogP contribution in [0, 0.1) is 4.77 Å². The van der Waals surface area contributed by atoms with Crippen LogP contribution in [0.5, 0.6) is 0 Å².